The number of fused-ring (bicyclic) bond motifs is 1. The van der Waals surface area contributed by atoms with Crippen molar-refractivity contribution >= 4 is 35.1 Å². The summed E-state index contributed by atoms with van der Waals surface area (Å²) in [6.07, 6.45) is 4.70. The molecular formula is C14H18N4O2S2. The van der Waals surface area contributed by atoms with E-state index in [1.165, 1.54) is 0 Å². The number of rotatable bonds is 5. The zero-order valence-corrected chi connectivity index (χ0v) is 14.2. The highest BCUT2D eigenvalue weighted by Crippen LogP contribution is 2.32. The number of carbonyl (C=O) groups excluding carboxylic acids is 1. The Kier molecular flexibility index (Phi) is 4.80. The van der Waals surface area contributed by atoms with Crippen LogP contribution in [0.25, 0.3) is 0 Å². The fourth-order valence-electron chi connectivity index (χ4n) is 2.78. The minimum Gasteiger partial charge on any atom is -0.463 e. The molecule has 1 fully saturated rings. The standard InChI is InChI=1S/C14H18N4O2S2/c1-3-20-14(19)9-8-16-12(13-15-5-7-22-13)18-6-4-10(11(9)18)17-21-2/h5,7,10,17H,3-4,6,8H2,1-2H3. The molecule has 0 bridgehead atoms. The maximum absolute atomic E-state index is 12.3. The van der Waals surface area contributed by atoms with Gasteiger partial charge in [0.1, 0.15) is 0 Å². The van der Waals surface area contributed by atoms with E-state index in [9.17, 15) is 4.79 Å². The molecule has 3 heterocycles. The predicted octanol–water partition coefficient (Wildman–Crippen LogP) is 1.66. The van der Waals surface area contributed by atoms with E-state index in [1.54, 1.807) is 29.5 Å². The minimum atomic E-state index is -0.265. The molecule has 22 heavy (non-hydrogen) atoms. The number of hydrogen-bond acceptors (Lipinski definition) is 8. The first-order valence-electron chi connectivity index (χ1n) is 7.16. The molecule has 0 aliphatic carbocycles. The van der Waals surface area contributed by atoms with Gasteiger partial charge in [-0.3, -0.25) is 9.71 Å². The Hall–Kier alpha value is -1.38. The minimum absolute atomic E-state index is 0.139. The average molecular weight is 338 g/mol. The van der Waals surface area contributed by atoms with Crippen molar-refractivity contribution in [2.24, 2.45) is 4.99 Å². The maximum Gasteiger partial charge on any atom is 0.337 e. The molecule has 0 saturated carbocycles. The molecule has 0 radical (unpaired) electrons. The maximum atomic E-state index is 12.3. The summed E-state index contributed by atoms with van der Waals surface area (Å²) in [5, 5.41) is 2.83. The number of nitrogens with zero attached hydrogens (tertiary/aromatic N) is 3. The van der Waals surface area contributed by atoms with Crippen LogP contribution < -0.4 is 4.72 Å². The number of hydrogen-bond donors (Lipinski definition) is 1. The smallest absolute Gasteiger partial charge is 0.337 e. The van der Waals surface area contributed by atoms with Crippen molar-refractivity contribution in [2.75, 3.05) is 26.0 Å². The van der Waals surface area contributed by atoms with Gasteiger partial charge in [0.2, 0.25) is 0 Å². The van der Waals surface area contributed by atoms with E-state index in [1.807, 2.05) is 18.6 Å². The quantitative estimate of drug-likeness (QED) is 0.651. The summed E-state index contributed by atoms with van der Waals surface area (Å²) in [4.78, 5) is 23.3. The molecule has 1 saturated heterocycles. The summed E-state index contributed by atoms with van der Waals surface area (Å²) in [7, 11) is 0. The van der Waals surface area contributed by atoms with Crippen LogP contribution in [-0.2, 0) is 9.53 Å². The third-order valence-electron chi connectivity index (χ3n) is 3.62. The van der Waals surface area contributed by atoms with Gasteiger partial charge in [-0.15, -0.1) is 11.3 Å². The molecule has 2 aliphatic rings. The predicted molar refractivity (Wildman–Crippen MR) is 88.9 cm³/mol. The van der Waals surface area contributed by atoms with Crippen molar-refractivity contribution in [3.8, 4) is 0 Å². The van der Waals surface area contributed by atoms with E-state index >= 15 is 0 Å². The summed E-state index contributed by atoms with van der Waals surface area (Å²) in [6, 6.07) is 0.139. The molecule has 1 unspecified atom stereocenters. The summed E-state index contributed by atoms with van der Waals surface area (Å²) in [6.45, 7) is 3.38. The number of thiazole rings is 1. The van der Waals surface area contributed by atoms with Crippen molar-refractivity contribution in [3.63, 3.8) is 0 Å². The number of aromatic nitrogens is 1. The monoisotopic (exact) mass is 338 g/mol. The van der Waals surface area contributed by atoms with Crippen molar-refractivity contribution in [2.45, 2.75) is 19.4 Å². The van der Waals surface area contributed by atoms with Gasteiger partial charge in [0.05, 0.1) is 24.8 Å². The molecule has 118 valence electrons. The highest BCUT2D eigenvalue weighted by atomic mass is 32.2. The van der Waals surface area contributed by atoms with Gasteiger partial charge in [-0.05, 0) is 19.6 Å². The van der Waals surface area contributed by atoms with Gasteiger partial charge >= 0.3 is 5.97 Å². The van der Waals surface area contributed by atoms with E-state index in [4.69, 9.17) is 4.74 Å². The van der Waals surface area contributed by atoms with Crippen LogP contribution >= 0.6 is 23.3 Å². The second kappa shape index (κ2) is 6.80. The van der Waals surface area contributed by atoms with Crippen LogP contribution in [0, 0.1) is 0 Å². The molecule has 1 N–H and O–H groups in total. The van der Waals surface area contributed by atoms with E-state index in [2.05, 4.69) is 19.6 Å². The topological polar surface area (TPSA) is 66.8 Å². The van der Waals surface area contributed by atoms with Crippen LogP contribution in [0.3, 0.4) is 0 Å². The molecule has 8 heteroatoms. The Morgan fingerprint density at radius 2 is 2.50 bits per heavy atom. The second-order valence-electron chi connectivity index (χ2n) is 4.88. The van der Waals surface area contributed by atoms with Gasteiger partial charge in [-0.1, -0.05) is 11.9 Å². The van der Waals surface area contributed by atoms with Gasteiger partial charge in [0.15, 0.2) is 10.8 Å². The highest BCUT2D eigenvalue weighted by molar-refractivity contribution is 7.96. The number of nitrogens with one attached hydrogen (secondary N) is 1. The van der Waals surface area contributed by atoms with E-state index in [-0.39, 0.29) is 12.0 Å². The van der Waals surface area contributed by atoms with Gasteiger partial charge in [0.25, 0.3) is 0 Å². The fraction of sp³-hybridized carbons (Fsp3) is 0.500. The Balaban J connectivity index is 1.96. The van der Waals surface area contributed by atoms with Gasteiger partial charge in [-0.2, -0.15) is 0 Å². The van der Waals surface area contributed by atoms with Crippen LogP contribution in [0.15, 0.2) is 27.8 Å². The molecule has 6 nitrogen and oxygen atoms in total. The number of amidine groups is 1. The molecule has 1 atom stereocenters. The molecule has 0 aromatic carbocycles. The normalized spacial score (nSPS) is 20.9. The average Bonchev–Trinajstić information content (AvgIpc) is 3.17. The molecule has 0 amide bonds. The van der Waals surface area contributed by atoms with E-state index in [0.717, 1.165) is 29.5 Å². The van der Waals surface area contributed by atoms with Crippen molar-refractivity contribution in [1.82, 2.24) is 14.6 Å². The first-order chi connectivity index (χ1) is 10.8. The van der Waals surface area contributed by atoms with Crippen LogP contribution in [0.5, 0.6) is 0 Å². The lowest BCUT2D eigenvalue weighted by atomic mass is 10.1. The molecular weight excluding hydrogens is 320 g/mol. The Bertz CT molecular complexity index is 612. The fourth-order valence-corrected chi connectivity index (χ4v) is 3.94. The molecule has 0 spiro atoms. The van der Waals surface area contributed by atoms with Crippen LogP contribution in [-0.4, -0.2) is 53.7 Å². The Morgan fingerprint density at radius 1 is 1.64 bits per heavy atom. The van der Waals surface area contributed by atoms with E-state index in [0.29, 0.717) is 18.7 Å². The largest absolute Gasteiger partial charge is 0.463 e. The first kappa shape index (κ1) is 15.5. The van der Waals surface area contributed by atoms with Crippen molar-refractivity contribution in [3.05, 3.63) is 27.9 Å². The molecule has 2 aliphatic heterocycles. The summed E-state index contributed by atoms with van der Waals surface area (Å²) >= 11 is 3.13. The molecule has 3 rings (SSSR count). The Labute approximate surface area is 137 Å². The van der Waals surface area contributed by atoms with Gasteiger partial charge in [0, 0.05) is 23.8 Å². The third kappa shape index (κ3) is 2.78. The van der Waals surface area contributed by atoms with Gasteiger partial charge < -0.3 is 9.64 Å². The number of aliphatic imine (C=N–C) groups is 1. The summed E-state index contributed by atoms with van der Waals surface area (Å²) in [5.74, 6) is 0.600. The van der Waals surface area contributed by atoms with Crippen LogP contribution in [0.4, 0.5) is 0 Å². The van der Waals surface area contributed by atoms with Crippen LogP contribution in [0.1, 0.15) is 18.4 Å². The second-order valence-corrected chi connectivity index (χ2v) is 6.41. The number of carbonyl (C=O) groups is 1. The van der Waals surface area contributed by atoms with E-state index < -0.39 is 0 Å². The zero-order valence-electron chi connectivity index (χ0n) is 12.5. The zero-order chi connectivity index (χ0) is 15.5. The molecule has 1 aromatic heterocycles. The lowest BCUT2D eigenvalue weighted by molar-refractivity contribution is -0.138. The first-order valence-corrected chi connectivity index (χ1v) is 9.27. The lowest BCUT2D eigenvalue weighted by Gasteiger charge is -2.28. The Morgan fingerprint density at radius 3 is 3.18 bits per heavy atom. The van der Waals surface area contributed by atoms with Crippen molar-refractivity contribution in [1.29, 1.82) is 0 Å². The number of ether oxygens (including phenoxy) is 1. The van der Waals surface area contributed by atoms with Gasteiger partial charge in [-0.25, -0.2) is 9.78 Å². The summed E-state index contributed by atoms with van der Waals surface area (Å²) in [5.41, 5.74) is 1.65. The SMILES string of the molecule is CCOC(=O)C1=C2C(NSC)CCN2C(c2nccs2)=NC1. The third-order valence-corrected chi connectivity index (χ3v) is 4.91. The highest BCUT2D eigenvalue weighted by Gasteiger charge is 2.38. The lowest BCUT2D eigenvalue weighted by Crippen LogP contribution is -2.37. The molecule has 1 aromatic rings. The van der Waals surface area contributed by atoms with Crippen LogP contribution in [0.2, 0.25) is 0 Å². The summed E-state index contributed by atoms with van der Waals surface area (Å²) < 4.78 is 8.58. The number of esters is 1. The van der Waals surface area contributed by atoms with Crippen molar-refractivity contribution < 1.29 is 9.53 Å².